The molecule has 1 saturated heterocycles. The lowest BCUT2D eigenvalue weighted by molar-refractivity contribution is -0.145. The van der Waals surface area contributed by atoms with Crippen molar-refractivity contribution in [1.82, 2.24) is 15.5 Å². The molecule has 0 radical (unpaired) electrons. The molecular weight excluding hydrogens is 502 g/mol. The van der Waals surface area contributed by atoms with Crippen LogP contribution in [-0.2, 0) is 35.3 Å². The Morgan fingerprint density at radius 2 is 1.79 bits per heavy atom. The van der Waals surface area contributed by atoms with Crippen LogP contribution in [0.5, 0.6) is 0 Å². The first-order valence-corrected chi connectivity index (χ1v) is 13.7. The van der Waals surface area contributed by atoms with Crippen LogP contribution < -0.4 is 10.6 Å². The van der Waals surface area contributed by atoms with Crippen molar-refractivity contribution >= 4 is 29.7 Å². The van der Waals surface area contributed by atoms with Crippen LogP contribution in [0.2, 0.25) is 0 Å². The van der Waals surface area contributed by atoms with Crippen molar-refractivity contribution in [3.05, 3.63) is 48.6 Å². The summed E-state index contributed by atoms with van der Waals surface area (Å²) in [6.45, 7) is 5.29. The van der Waals surface area contributed by atoms with E-state index in [1.54, 1.807) is 0 Å². The summed E-state index contributed by atoms with van der Waals surface area (Å²) in [7, 11) is 0. The zero-order valence-corrected chi connectivity index (χ0v) is 22.6. The van der Waals surface area contributed by atoms with Gasteiger partial charge in [0.2, 0.25) is 11.7 Å². The Balaban J connectivity index is 1.67. The van der Waals surface area contributed by atoms with E-state index >= 15 is 0 Å². The molecule has 0 aromatic heterocycles. The lowest BCUT2D eigenvalue weighted by Crippen LogP contribution is -2.59. The minimum absolute atomic E-state index is 0.00924. The third kappa shape index (κ3) is 8.66. The van der Waals surface area contributed by atoms with Crippen LogP contribution in [0.3, 0.4) is 0 Å². The summed E-state index contributed by atoms with van der Waals surface area (Å²) in [5.74, 6) is -2.43. The Morgan fingerprint density at radius 3 is 2.49 bits per heavy atom. The number of carbonyl (C=O) groups is 5. The molecule has 4 atom stereocenters. The Labute approximate surface area is 229 Å². The first-order valence-electron chi connectivity index (χ1n) is 13.7. The highest BCUT2D eigenvalue weighted by molar-refractivity contribution is 6.38. The molecule has 3 rings (SSSR count). The van der Waals surface area contributed by atoms with E-state index in [-0.39, 0.29) is 19.6 Å². The highest BCUT2D eigenvalue weighted by Gasteiger charge is 2.43. The maximum atomic E-state index is 13.5. The maximum Gasteiger partial charge on any atom is 0.410 e. The molecule has 1 aromatic rings. The lowest BCUT2D eigenvalue weighted by Gasteiger charge is -2.45. The number of rotatable bonds is 12. The van der Waals surface area contributed by atoms with E-state index < -0.39 is 48.3 Å². The highest BCUT2D eigenvalue weighted by atomic mass is 16.6. The Hall–Kier alpha value is -3.69. The number of ketones is 1. The van der Waals surface area contributed by atoms with Crippen LogP contribution in [0, 0.1) is 11.8 Å². The molecule has 2 aliphatic rings. The fraction of sp³-hybridized carbons (Fsp3) is 0.552. The zero-order chi connectivity index (χ0) is 28.2. The van der Waals surface area contributed by atoms with Crippen molar-refractivity contribution < 1.29 is 33.4 Å². The number of nitrogens with zero attached hydrogens (tertiary/aromatic N) is 1. The number of esters is 1. The predicted octanol–water partition coefficient (Wildman–Crippen LogP) is 2.90. The van der Waals surface area contributed by atoms with Crippen LogP contribution in [0.25, 0.3) is 0 Å². The summed E-state index contributed by atoms with van der Waals surface area (Å²) in [6.07, 6.45) is 6.22. The minimum atomic E-state index is -1.09. The predicted molar refractivity (Wildman–Crippen MR) is 143 cm³/mol. The summed E-state index contributed by atoms with van der Waals surface area (Å²) in [5, 5.41) is 4.96. The molecule has 10 heteroatoms. The minimum Gasteiger partial charge on any atom is -0.460 e. The molecule has 2 N–H and O–H groups in total. The third-order valence-electron chi connectivity index (χ3n) is 7.33. The SMILES string of the molecule is C=CCOC(=O)CNC(=O)C(=O)C(CCC)NC(=O)[C@@H]1C[C@@H]2CCCC[C@@H]2CN1C(=O)OCc1ccccc1. The second-order valence-electron chi connectivity index (χ2n) is 10.1. The number of nitrogens with one attached hydrogen (secondary N) is 2. The summed E-state index contributed by atoms with van der Waals surface area (Å²) in [5.41, 5.74) is 0.840. The molecule has 212 valence electrons. The second kappa shape index (κ2) is 15.0. The largest absolute Gasteiger partial charge is 0.460 e. The number of hydrogen-bond donors (Lipinski definition) is 2. The van der Waals surface area contributed by atoms with Gasteiger partial charge in [0, 0.05) is 6.54 Å². The molecule has 1 aliphatic carbocycles. The molecule has 1 heterocycles. The summed E-state index contributed by atoms with van der Waals surface area (Å²) in [4.78, 5) is 65.2. The number of carbonyl (C=O) groups excluding carboxylic acids is 5. The standard InChI is InChI=1S/C29H39N3O7/c1-3-10-23(26(34)28(36)30-17-25(33)38-15-4-2)31-27(35)24-16-21-13-8-9-14-22(21)18-32(24)29(37)39-19-20-11-6-5-7-12-20/h4-7,11-12,21-24H,2-3,8-10,13-19H2,1H3,(H,30,36)(H,31,35)/t21-,22+,23?,24-/m0/s1. The van der Waals surface area contributed by atoms with Crippen molar-refractivity contribution in [2.45, 2.75) is 70.6 Å². The molecule has 39 heavy (non-hydrogen) atoms. The van der Waals surface area contributed by atoms with Gasteiger partial charge in [-0.05, 0) is 36.7 Å². The van der Waals surface area contributed by atoms with E-state index in [9.17, 15) is 24.0 Å². The fourth-order valence-corrected chi connectivity index (χ4v) is 5.31. The number of hydrogen-bond acceptors (Lipinski definition) is 7. The number of amides is 3. The van der Waals surface area contributed by atoms with Crippen molar-refractivity contribution in [1.29, 1.82) is 0 Å². The summed E-state index contributed by atoms with van der Waals surface area (Å²) in [6, 6.07) is 7.42. The third-order valence-corrected chi connectivity index (χ3v) is 7.33. The topological polar surface area (TPSA) is 131 Å². The first kappa shape index (κ1) is 29.9. The Bertz CT molecular complexity index is 1030. The molecular formula is C29H39N3O7. The maximum absolute atomic E-state index is 13.5. The fourth-order valence-electron chi connectivity index (χ4n) is 5.31. The Kier molecular flexibility index (Phi) is 11.5. The van der Waals surface area contributed by atoms with E-state index in [4.69, 9.17) is 9.47 Å². The normalized spacial score (nSPS) is 21.1. The van der Waals surface area contributed by atoms with Gasteiger partial charge in [-0.2, -0.15) is 0 Å². The first-order chi connectivity index (χ1) is 18.8. The van der Waals surface area contributed by atoms with Gasteiger partial charge in [0.05, 0.1) is 6.04 Å². The number of likely N-dealkylation sites (tertiary alicyclic amines) is 1. The summed E-state index contributed by atoms with van der Waals surface area (Å²) >= 11 is 0. The Morgan fingerprint density at radius 1 is 1.08 bits per heavy atom. The van der Waals surface area contributed by atoms with Crippen LogP contribution in [0.1, 0.15) is 57.4 Å². The lowest BCUT2D eigenvalue weighted by atomic mass is 9.73. The second-order valence-corrected chi connectivity index (χ2v) is 10.1. The molecule has 2 fully saturated rings. The number of benzene rings is 1. The summed E-state index contributed by atoms with van der Waals surface area (Å²) < 4.78 is 10.4. The van der Waals surface area contributed by atoms with Crippen molar-refractivity contribution in [3.63, 3.8) is 0 Å². The number of fused-ring (bicyclic) bond motifs is 1. The molecule has 1 aliphatic heterocycles. The molecule has 10 nitrogen and oxygen atoms in total. The number of Topliss-reactive ketones (excluding diaryl/α,β-unsaturated/α-hetero) is 1. The van der Waals surface area contributed by atoms with Gasteiger partial charge >= 0.3 is 12.1 Å². The number of piperidine rings is 1. The van der Waals surface area contributed by atoms with Gasteiger partial charge in [-0.25, -0.2) is 4.79 Å². The van der Waals surface area contributed by atoms with Gasteiger partial charge in [0.25, 0.3) is 5.91 Å². The molecule has 1 unspecified atom stereocenters. The molecule has 0 bridgehead atoms. The molecule has 1 saturated carbocycles. The monoisotopic (exact) mass is 541 g/mol. The van der Waals surface area contributed by atoms with Crippen LogP contribution in [0.4, 0.5) is 4.79 Å². The smallest absolute Gasteiger partial charge is 0.410 e. The zero-order valence-electron chi connectivity index (χ0n) is 22.6. The van der Waals surface area contributed by atoms with Gasteiger partial charge in [0.1, 0.15) is 25.8 Å². The van der Waals surface area contributed by atoms with E-state index in [2.05, 4.69) is 17.2 Å². The van der Waals surface area contributed by atoms with E-state index in [1.165, 1.54) is 11.0 Å². The van der Waals surface area contributed by atoms with Crippen LogP contribution >= 0.6 is 0 Å². The van der Waals surface area contributed by atoms with Crippen LogP contribution in [0.15, 0.2) is 43.0 Å². The quantitative estimate of drug-likeness (QED) is 0.236. The average Bonchev–Trinajstić information content (AvgIpc) is 2.96. The van der Waals surface area contributed by atoms with E-state index in [0.717, 1.165) is 31.2 Å². The van der Waals surface area contributed by atoms with Crippen LogP contribution in [-0.4, -0.2) is 66.3 Å². The highest BCUT2D eigenvalue weighted by Crippen LogP contribution is 2.39. The van der Waals surface area contributed by atoms with Gasteiger partial charge in [-0.3, -0.25) is 24.1 Å². The van der Waals surface area contributed by atoms with Gasteiger partial charge in [-0.1, -0.05) is 75.6 Å². The van der Waals surface area contributed by atoms with Gasteiger partial charge in [0.15, 0.2) is 0 Å². The van der Waals surface area contributed by atoms with Crippen molar-refractivity contribution in [2.75, 3.05) is 19.7 Å². The molecule has 1 aromatic carbocycles. The molecule has 0 spiro atoms. The van der Waals surface area contributed by atoms with Crippen molar-refractivity contribution in [2.24, 2.45) is 11.8 Å². The van der Waals surface area contributed by atoms with Gasteiger partial charge < -0.3 is 20.1 Å². The van der Waals surface area contributed by atoms with Crippen molar-refractivity contribution in [3.8, 4) is 0 Å². The van der Waals surface area contributed by atoms with Gasteiger partial charge in [-0.15, -0.1) is 0 Å². The number of ether oxygens (including phenoxy) is 2. The van der Waals surface area contributed by atoms with E-state index in [0.29, 0.717) is 31.2 Å². The van der Waals surface area contributed by atoms with E-state index in [1.807, 2.05) is 37.3 Å². The molecule has 3 amide bonds. The average molecular weight is 542 g/mol.